The molecule has 1 N–H and O–H groups in total. The first-order chi connectivity index (χ1) is 12.7. The molecule has 0 aliphatic carbocycles. The lowest BCUT2D eigenvalue weighted by Gasteiger charge is -2.27. The van der Waals surface area contributed by atoms with Crippen molar-refractivity contribution in [3.63, 3.8) is 0 Å². The number of hydrogen-bond donors (Lipinski definition) is 1. The van der Waals surface area contributed by atoms with Gasteiger partial charge in [0.15, 0.2) is 0 Å². The lowest BCUT2D eigenvalue weighted by Crippen LogP contribution is -2.34. The van der Waals surface area contributed by atoms with Gasteiger partial charge in [-0.05, 0) is 36.2 Å². The quantitative estimate of drug-likeness (QED) is 0.666. The molecule has 1 atom stereocenters. The van der Waals surface area contributed by atoms with E-state index in [-0.39, 0.29) is 11.9 Å². The van der Waals surface area contributed by atoms with Gasteiger partial charge in [0.25, 0.3) is 0 Å². The van der Waals surface area contributed by atoms with Gasteiger partial charge in [-0.3, -0.25) is 9.69 Å². The standard InChI is InChI=1S/C21H22N2O2S/c1-23(15-19-12-7-13-26-19)20(16-8-4-3-5-9-16)21(24)22-17-10-6-11-18(14-17)25-2/h3-14,20H,15H2,1-2H3,(H,22,24)/t20-/m0/s1. The molecular weight excluding hydrogens is 344 g/mol. The van der Waals surface area contributed by atoms with Crippen LogP contribution in [0.15, 0.2) is 72.1 Å². The highest BCUT2D eigenvalue weighted by Crippen LogP contribution is 2.25. The second-order valence-electron chi connectivity index (χ2n) is 6.03. The summed E-state index contributed by atoms with van der Waals surface area (Å²) in [5.41, 5.74) is 1.69. The summed E-state index contributed by atoms with van der Waals surface area (Å²) in [7, 11) is 3.59. The summed E-state index contributed by atoms with van der Waals surface area (Å²) < 4.78 is 5.24. The van der Waals surface area contributed by atoms with Crippen LogP contribution >= 0.6 is 11.3 Å². The predicted octanol–water partition coefficient (Wildman–Crippen LogP) is 4.57. The van der Waals surface area contributed by atoms with Crippen LogP contribution in [0.4, 0.5) is 5.69 Å². The van der Waals surface area contributed by atoms with Crippen molar-refractivity contribution >= 4 is 22.9 Å². The third kappa shape index (κ3) is 4.50. The second-order valence-corrected chi connectivity index (χ2v) is 7.06. The largest absolute Gasteiger partial charge is 0.497 e. The van der Waals surface area contributed by atoms with E-state index in [1.54, 1.807) is 18.4 Å². The van der Waals surface area contributed by atoms with E-state index in [9.17, 15) is 4.79 Å². The molecule has 3 rings (SSSR count). The Labute approximate surface area is 158 Å². The summed E-state index contributed by atoms with van der Waals surface area (Å²) in [6, 6.07) is 21.0. The van der Waals surface area contributed by atoms with Crippen molar-refractivity contribution in [1.82, 2.24) is 4.90 Å². The van der Waals surface area contributed by atoms with Gasteiger partial charge in [-0.25, -0.2) is 0 Å². The molecule has 1 aromatic heterocycles. The van der Waals surface area contributed by atoms with Gasteiger partial charge in [0.2, 0.25) is 5.91 Å². The third-order valence-electron chi connectivity index (χ3n) is 4.13. The van der Waals surface area contributed by atoms with E-state index >= 15 is 0 Å². The topological polar surface area (TPSA) is 41.6 Å². The summed E-state index contributed by atoms with van der Waals surface area (Å²) in [6.45, 7) is 0.711. The van der Waals surface area contributed by atoms with Crippen LogP contribution in [-0.2, 0) is 11.3 Å². The lowest BCUT2D eigenvalue weighted by atomic mass is 10.0. The number of nitrogens with one attached hydrogen (secondary N) is 1. The highest BCUT2D eigenvalue weighted by atomic mass is 32.1. The van der Waals surface area contributed by atoms with Crippen LogP contribution in [0, 0.1) is 0 Å². The van der Waals surface area contributed by atoms with Crippen LogP contribution in [0.25, 0.3) is 0 Å². The maximum atomic E-state index is 13.1. The van der Waals surface area contributed by atoms with Crippen molar-refractivity contribution in [3.8, 4) is 5.75 Å². The van der Waals surface area contributed by atoms with Crippen LogP contribution in [0.2, 0.25) is 0 Å². The molecule has 0 spiro atoms. The van der Waals surface area contributed by atoms with Gasteiger partial charge in [0.05, 0.1) is 7.11 Å². The molecule has 4 nitrogen and oxygen atoms in total. The summed E-state index contributed by atoms with van der Waals surface area (Å²) in [6.07, 6.45) is 0. The Kier molecular flexibility index (Phi) is 6.04. The molecule has 0 aliphatic heterocycles. The molecule has 3 aromatic rings. The molecular formula is C21H22N2O2S. The summed E-state index contributed by atoms with van der Waals surface area (Å²) in [5.74, 6) is 0.648. The van der Waals surface area contributed by atoms with Crippen LogP contribution in [-0.4, -0.2) is 25.0 Å². The molecule has 0 fully saturated rings. The van der Waals surface area contributed by atoms with Crippen molar-refractivity contribution in [2.75, 3.05) is 19.5 Å². The van der Waals surface area contributed by atoms with Gasteiger partial charge in [-0.15, -0.1) is 11.3 Å². The van der Waals surface area contributed by atoms with Gasteiger partial charge < -0.3 is 10.1 Å². The molecule has 0 unspecified atom stereocenters. The van der Waals surface area contributed by atoms with Gasteiger partial charge >= 0.3 is 0 Å². The monoisotopic (exact) mass is 366 g/mol. The van der Waals surface area contributed by atoms with Gasteiger partial charge in [0, 0.05) is 23.2 Å². The number of nitrogens with zero attached hydrogens (tertiary/aromatic N) is 1. The Balaban J connectivity index is 1.83. The maximum absolute atomic E-state index is 13.1. The average Bonchev–Trinajstić information content (AvgIpc) is 3.16. The summed E-state index contributed by atoms with van der Waals surface area (Å²) in [5, 5.41) is 5.07. The molecule has 2 aromatic carbocycles. The fraction of sp³-hybridized carbons (Fsp3) is 0.190. The third-order valence-corrected chi connectivity index (χ3v) is 4.99. The normalized spacial score (nSPS) is 12.0. The molecule has 1 heterocycles. The van der Waals surface area contributed by atoms with E-state index in [0.29, 0.717) is 12.3 Å². The highest BCUT2D eigenvalue weighted by Gasteiger charge is 2.25. The number of anilines is 1. The number of thiophene rings is 1. The van der Waals surface area contributed by atoms with E-state index in [1.807, 2.05) is 67.7 Å². The number of hydrogen-bond acceptors (Lipinski definition) is 4. The van der Waals surface area contributed by atoms with Gasteiger partial charge in [0.1, 0.15) is 11.8 Å². The van der Waals surface area contributed by atoms with E-state index in [2.05, 4.69) is 21.7 Å². The van der Waals surface area contributed by atoms with E-state index in [4.69, 9.17) is 4.74 Å². The number of ether oxygens (including phenoxy) is 1. The molecule has 1 amide bonds. The van der Waals surface area contributed by atoms with Crippen molar-refractivity contribution in [3.05, 3.63) is 82.6 Å². The first-order valence-corrected chi connectivity index (χ1v) is 9.28. The molecule has 0 saturated carbocycles. The zero-order chi connectivity index (χ0) is 18.4. The lowest BCUT2D eigenvalue weighted by molar-refractivity contribution is -0.121. The molecule has 0 radical (unpaired) electrons. The number of likely N-dealkylation sites (N-methyl/N-ethyl adjacent to an activating group) is 1. The highest BCUT2D eigenvalue weighted by molar-refractivity contribution is 7.09. The fourth-order valence-electron chi connectivity index (χ4n) is 2.89. The zero-order valence-electron chi connectivity index (χ0n) is 14.9. The average molecular weight is 366 g/mol. The van der Waals surface area contributed by atoms with Crippen molar-refractivity contribution in [2.45, 2.75) is 12.6 Å². The van der Waals surface area contributed by atoms with Crippen LogP contribution < -0.4 is 10.1 Å². The Morgan fingerprint density at radius 3 is 2.62 bits per heavy atom. The first kappa shape index (κ1) is 18.2. The molecule has 5 heteroatoms. The molecule has 0 saturated heterocycles. The van der Waals surface area contributed by atoms with E-state index in [0.717, 1.165) is 11.3 Å². The molecule has 0 bridgehead atoms. The number of rotatable bonds is 7. The van der Waals surface area contributed by atoms with Crippen molar-refractivity contribution in [2.24, 2.45) is 0 Å². The number of methoxy groups -OCH3 is 1. The van der Waals surface area contributed by atoms with E-state index in [1.165, 1.54) is 4.88 Å². The van der Waals surface area contributed by atoms with Crippen molar-refractivity contribution < 1.29 is 9.53 Å². The van der Waals surface area contributed by atoms with Crippen LogP contribution in [0.1, 0.15) is 16.5 Å². The Bertz CT molecular complexity index is 834. The minimum atomic E-state index is -0.385. The number of benzene rings is 2. The smallest absolute Gasteiger partial charge is 0.246 e. The van der Waals surface area contributed by atoms with E-state index < -0.39 is 0 Å². The number of carbonyl (C=O) groups is 1. The Morgan fingerprint density at radius 2 is 1.92 bits per heavy atom. The van der Waals surface area contributed by atoms with Crippen LogP contribution in [0.3, 0.4) is 0 Å². The number of amides is 1. The fourth-order valence-corrected chi connectivity index (χ4v) is 3.66. The minimum absolute atomic E-state index is 0.0662. The Morgan fingerprint density at radius 1 is 1.12 bits per heavy atom. The predicted molar refractivity (Wildman–Crippen MR) is 107 cm³/mol. The SMILES string of the molecule is COc1cccc(NC(=O)[C@H](c2ccccc2)N(C)Cc2cccs2)c1. The van der Waals surface area contributed by atoms with Crippen molar-refractivity contribution in [1.29, 1.82) is 0 Å². The number of carbonyl (C=O) groups excluding carboxylic acids is 1. The minimum Gasteiger partial charge on any atom is -0.497 e. The molecule has 0 aliphatic rings. The maximum Gasteiger partial charge on any atom is 0.246 e. The first-order valence-electron chi connectivity index (χ1n) is 8.40. The van der Waals surface area contributed by atoms with Crippen LogP contribution in [0.5, 0.6) is 5.75 Å². The summed E-state index contributed by atoms with van der Waals surface area (Å²) >= 11 is 1.69. The summed E-state index contributed by atoms with van der Waals surface area (Å²) in [4.78, 5) is 16.4. The second kappa shape index (κ2) is 8.65. The zero-order valence-corrected chi connectivity index (χ0v) is 15.7. The molecule has 26 heavy (non-hydrogen) atoms. The van der Waals surface area contributed by atoms with Gasteiger partial charge in [-0.2, -0.15) is 0 Å². The van der Waals surface area contributed by atoms with Gasteiger partial charge in [-0.1, -0.05) is 42.5 Å². The Hall–Kier alpha value is -2.63. The molecule has 134 valence electrons.